The van der Waals surface area contributed by atoms with Crippen molar-refractivity contribution in [1.29, 1.82) is 0 Å². The highest BCUT2D eigenvalue weighted by atomic mass is 16.2. The van der Waals surface area contributed by atoms with Gasteiger partial charge in [0.1, 0.15) is 6.04 Å². The number of nitrogens with zero attached hydrogens (tertiary/aromatic N) is 1. The Balaban J connectivity index is 1.90. The van der Waals surface area contributed by atoms with Gasteiger partial charge in [-0.3, -0.25) is 9.59 Å². The number of nitrogens with one attached hydrogen (secondary N) is 1. The molecule has 0 aliphatic heterocycles. The molecule has 3 rings (SSSR count). The number of benzene rings is 3. The Morgan fingerprint density at radius 3 is 1.90 bits per heavy atom. The van der Waals surface area contributed by atoms with Gasteiger partial charge in [0.2, 0.25) is 11.8 Å². The van der Waals surface area contributed by atoms with Crippen molar-refractivity contribution >= 4 is 11.8 Å². The van der Waals surface area contributed by atoms with Crippen LogP contribution in [0.15, 0.2) is 91.0 Å². The standard InChI is InChI=1S/C26H28N2O2/c1-2-12-24(29)28(20-22-15-8-4-9-16-22)25(23-17-10-5-11-18-23)26(30)27-19-21-13-6-3-7-14-21/h3-11,13-18,25H,2,12,19-20H2,1H3,(H,27,30)/t25-/m1/s1. The highest BCUT2D eigenvalue weighted by Crippen LogP contribution is 2.25. The van der Waals surface area contributed by atoms with E-state index in [0.717, 1.165) is 23.1 Å². The Morgan fingerprint density at radius 1 is 0.800 bits per heavy atom. The van der Waals surface area contributed by atoms with Gasteiger partial charge in [-0.25, -0.2) is 0 Å². The molecule has 3 aromatic rings. The van der Waals surface area contributed by atoms with Gasteiger partial charge in [-0.2, -0.15) is 0 Å². The minimum Gasteiger partial charge on any atom is -0.350 e. The van der Waals surface area contributed by atoms with E-state index >= 15 is 0 Å². The summed E-state index contributed by atoms with van der Waals surface area (Å²) < 4.78 is 0. The van der Waals surface area contributed by atoms with E-state index in [-0.39, 0.29) is 11.8 Å². The maximum absolute atomic E-state index is 13.4. The van der Waals surface area contributed by atoms with E-state index in [1.54, 1.807) is 4.90 Å². The van der Waals surface area contributed by atoms with Crippen LogP contribution in [-0.4, -0.2) is 16.7 Å². The van der Waals surface area contributed by atoms with Crippen LogP contribution in [0.4, 0.5) is 0 Å². The predicted octanol–water partition coefficient (Wildman–Crippen LogP) is 4.87. The number of hydrogen-bond donors (Lipinski definition) is 1. The molecule has 0 bridgehead atoms. The topological polar surface area (TPSA) is 49.4 Å². The molecular formula is C26H28N2O2. The molecular weight excluding hydrogens is 372 g/mol. The van der Waals surface area contributed by atoms with Crippen LogP contribution >= 0.6 is 0 Å². The first-order chi connectivity index (χ1) is 14.7. The van der Waals surface area contributed by atoms with Gasteiger partial charge in [-0.15, -0.1) is 0 Å². The van der Waals surface area contributed by atoms with Crippen molar-refractivity contribution < 1.29 is 9.59 Å². The SMILES string of the molecule is CCCC(=O)N(Cc1ccccc1)[C@@H](C(=O)NCc1ccccc1)c1ccccc1. The van der Waals surface area contributed by atoms with Gasteiger partial charge in [0, 0.05) is 19.5 Å². The summed E-state index contributed by atoms with van der Waals surface area (Å²) in [4.78, 5) is 28.1. The van der Waals surface area contributed by atoms with Crippen LogP contribution in [0.5, 0.6) is 0 Å². The fourth-order valence-corrected chi connectivity index (χ4v) is 3.45. The predicted molar refractivity (Wildman–Crippen MR) is 119 cm³/mol. The zero-order valence-corrected chi connectivity index (χ0v) is 17.3. The maximum atomic E-state index is 13.4. The second-order valence-corrected chi connectivity index (χ2v) is 7.27. The zero-order valence-electron chi connectivity index (χ0n) is 17.3. The van der Waals surface area contributed by atoms with Gasteiger partial charge < -0.3 is 10.2 Å². The largest absolute Gasteiger partial charge is 0.350 e. The second kappa shape index (κ2) is 11.0. The summed E-state index contributed by atoms with van der Waals surface area (Å²) in [5.74, 6) is -0.199. The van der Waals surface area contributed by atoms with Gasteiger partial charge in [0.25, 0.3) is 0 Å². The fourth-order valence-electron chi connectivity index (χ4n) is 3.45. The molecule has 0 heterocycles. The molecule has 0 aliphatic carbocycles. The summed E-state index contributed by atoms with van der Waals surface area (Å²) >= 11 is 0. The molecule has 2 amide bonds. The quantitative estimate of drug-likeness (QED) is 0.557. The summed E-state index contributed by atoms with van der Waals surface area (Å²) in [6.07, 6.45) is 1.14. The number of hydrogen-bond acceptors (Lipinski definition) is 2. The third-order valence-corrected chi connectivity index (χ3v) is 4.96. The Bertz CT molecular complexity index is 927. The first-order valence-corrected chi connectivity index (χ1v) is 10.4. The Morgan fingerprint density at radius 2 is 1.33 bits per heavy atom. The molecule has 4 nitrogen and oxygen atoms in total. The van der Waals surface area contributed by atoms with Crippen LogP contribution in [0, 0.1) is 0 Å². The molecule has 1 atom stereocenters. The van der Waals surface area contributed by atoms with Crippen LogP contribution in [0.2, 0.25) is 0 Å². The molecule has 0 aromatic heterocycles. The van der Waals surface area contributed by atoms with Crippen molar-refractivity contribution in [1.82, 2.24) is 10.2 Å². The van der Waals surface area contributed by atoms with Gasteiger partial charge in [-0.05, 0) is 23.1 Å². The molecule has 1 N–H and O–H groups in total. The Labute approximate surface area is 178 Å². The summed E-state index contributed by atoms with van der Waals surface area (Å²) in [5, 5.41) is 3.03. The smallest absolute Gasteiger partial charge is 0.247 e. The van der Waals surface area contributed by atoms with E-state index in [2.05, 4.69) is 5.32 Å². The van der Waals surface area contributed by atoms with E-state index in [1.807, 2.05) is 97.9 Å². The van der Waals surface area contributed by atoms with Crippen molar-refractivity contribution in [2.24, 2.45) is 0 Å². The Hall–Kier alpha value is -3.40. The third kappa shape index (κ3) is 5.80. The van der Waals surface area contributed by atoms with Crippen molar-refractivity contribution in [3.05, 3.63) is 108 Å². The molecule has 0 aliphatic rings. The summed E-state index contributed by atoms with van der Waals surface area (Å²) in [5.41, 5.74) is 2.83. The molecule has 0 radical (unpaired) electrons. The molecule has 4 heteroatoms. The van der Waals surface area contributed by atoms with Crippen LogP contribution in [0.1, 0.15) is 42.5 Å². The minimum absolute atomic E-state index is 0.0231. The van der Waals surface area contributed by atoms with Crippen LogP contribution in [0.25, 0.3) is 0 Å². The van der Waals surface area contributed by atoms with Crippen LogP contribution in [0.3, 0.4) is 0 Å². The van der Waals surface area contributed by atoms with Crippen LogP contribution in [-0.2, 0) is 22.7 Å². The first-order valence-electron chi connectivity index (χ1n) is 10.4. The van der Waals surface area contributed by atoms with E-state index in [9.17, 15) is 9.59 Å². The number of carbonyl (C=O) groups excluding carboxylic acids is 2. The lowest BCUT2D eigenvalue weighted by molar-refractivity contribution is -0.141. The maximum Gasteiger partial charge on any atom is 0.247 e. The van der Waals surface area contributed by atoms with Crippen molar-refractivity contribution in [3.8, 4) is 0 Å². The highest BCUT2D eigenvalue weighted by molar-refractivity contribution is 5.88. The van der Waals surface area contributed by atoms with Gasteiger partial charge >= 0.3 is 0 Å². The number of amides is 2. The van der Waals surface area contributed by atoms with E-state index in [1.165, 1.54) is 0 Å². The fraction of sp³-hybridized carbons (Fsp3) is 0.231. The van der Waals surface area contributed by atoms with Gasteiger partial charge in [0.05, 0.1) is 0 Å². The summed E-state index contributed by atoms with van der Waals surface area (Å²) in [6.45, 7) is 2.79. The second-order valence-electron chi connectivity index (χ2n) is 7.27. The molecule has 0 spiro atoms. The van der Waals surface area contributed by atoms with Crippen molar-refractivity contribution in [3.63, 3.8) is 0 Å². The van der Waals surface area contributed by atoms with Crippen LogP contribution < -0.4 is 5.32 Å². The number of rotatable bonds is 9. The zero-order chi connectivity index (χ0) is 21.2. The molecule has 0 fully saturated rings. The summed E-state index contributed by atoms with van der Waals surface area (Å²) in [7, 11) is 0. The van der Waals surface area contributed by atoms with E-state index < -0.39 is 6.04 Å². The lowest BCUT2D eigenvalue weighted by Gasteiger charge is -2.31. The molecule has 0 saturated heterocycles. The number of carbonyl (C=O) groups is 2. The average Bonchev–Trinajstić information content (AvgIpc) is 2.79. The molecule has 30 heavy (non-hydrogen) atoms. The van der Waals surface area contributed by atoms with Crippen molar-refractivity contribution in [2.75, 3.05) is 0 Å². The molecule has 0 saturated carbocycles. The molecule has 154 valence electrons. The van der Waals surface area contributed by atoms with Gasteiger partial charge in [-0.1, -0.05) is 97.9 Å². The minimum atomic E-state index is -0.686. The van der Waals surface area contributed by atoms with E-state index in [4.69, 9.17) is 0 Å². The van der Waals surface area contributed by atoms with Crippen molar-refractivity contribution in [2.45, 2.75) is 38.9 Å². The third-order valence-electron chi connectivity index (χ3n) is 4.96. The first kappa shape index (κ1) is 21.3. The lowest BCUT2D eigenvalue weighted by atomic mass is 10.0. The Kier molecular flexibility index (Phi) is 7.78. The monoisotopic (exact) mass is 400 g/mol. The van der Waals surface area contributed by atoms with E-state index in [0.29, 0.717) is 19.5 Å². The average molecular weight is 401 g/mol. The lowest BCUT2D eigenvalue weighted by Crippen LogP contribution is -2.43. The normalized spacial score (nSPS) is 11.5. The highest BCUT2D eigenvalue weighted by Gasteiger charge is 2.30. The molecule has 0 unspecified atom stereocenters. The molecule has 3 aromatic carbocycles. The summed E-state index contributed by atoms with van der Waals surface area (Å²) in [6, 6.07) is 28.4. The van der Waals surface area contributed by atoms with Gasteiger partial charge in [0.15, 0.2) is 0 Å².